The molecule has 0 bridgehead atoms. The third-order valence-corrected chi connectivity index (χ3v) is 6.19. The molecular weight excluding hydrogens is 380 g/mol. The zero-order valence-corrected chi connectivity index (χ0v) is 16.3. The number of fused-ring (bicyclic) bond motifs is 1. The van der Waals surface area contributed by atoms with Gasteiger partial charge in [-0.15, -0.1) is 5.10 Å². The van der Waals surface area contributed by atoms with Crippen molar-refractivity contribution in [1.82, 2.24) is 25.3 Å². The van der Waals surface area contributed by atoms with Crippen LogP contribution in [0.4, 0.5) is 6.01 Å². The monoisotopic (exact) mass is 400 g/mol. The van der Waals surface area contributed by atoms with Gasteiger partial charge in [-0.2, -0.15) is 5.10 Å². The van der Waals surface area contributed by atoms with E-state index >= 15 is 0 Å². The number of nitrogens with one attached hydrogen (secondary N) is 2. The summed E-state index contributed by atoms with van der Waals surface area (Å²) in [5.41, 5.74) is 1.89. The van der Waals surface area contributed by atoms with E-state index in [0.717, 1.165) is 36.8 Å². The minimum absolute atomic E-state index is 0.0666. The fourth-order valence-corrected chi connectivity index (χ4v) is 4.10. The summed E-state index contributed by atoms with van der Waals surface area (Å²) in [5.74, 6) is 0.373. The summed E-state index contributed by atoms with van der Waals surface area (Å²) in [6.45, 7) is 3.49. The maximum atomic E-state index is 12.7. The summed E-state index contributed by atoms with van der Waals surface area (Å²) >= 11 is 6.00. The average molecular weight is 401 g/mol. The number of H-pyrrole nitrogens is 1. The molecule has 1 aromatic carbocycles. The number of likely N-dealkylation sites (tertiary alicyclic amines) is 1. The largest absolute Gasteiger partial charge is 0.402 e. The number of carbonyl (C=O) groups is 1. The molecule has 2 aliphatic rings. The van der Waals surface area contributed by atoms with E-state index in [1.807, 2.05) is 17.9 Å². The first-order chi connectivity index (χ1) is 13.5. The lowest BCUT2D eigenvalue weighted by molar-refractivity contribution is -0.133. The number of aromatic amines is 1. The van der Waals surface area contributed by atoms with Crippen molar-refractivity contribution in [3.63, 3.8) is 0 Å². The molecule has 2 aromatic heterocycles. The standard InChI is InChI=1S/C19H21ClN6O2/c1-11(17(27)26-8-6-19(4-5-19)7-9-26)21-18-25-24-16(28-18)15-13-3-2-12(20)10-14(13)22-23-15/h2-3,10-11H,4-9H2,1H3,(H,21,25)(H,22,23)/t11-/m0/s1. The minimum Gasteiger partial charge on any atom is -0.402 e. The maximum Gasteiger partial charge on any atom is 0.316 e. The van der Waals surface area contributed by atoms with Crippen LogP contribution in [0.1, 0.15) is 32.6 Å². The van der Waals surface area contributed by atoms with Crippen LogP contribution >= 0.6 is 11.6 Å². The van der Waals surface area contributed by atoms with Crippen LogP contribution in [0.25, 0.3) is 22.5 Å². The number of nitrogens with zero attached hydrogens (tertiary/aromatic N) is 4. The molecule has 1 amide bonds. The maximum absolute atomic E-state index is 12.7. The van der Waals surface area contributed by atoms with Gasteiger partial charge >= 0.3 is 6.01 Å². The Bertz CT molecular complexity index is 1030. The van der Waals surface area contributed by atoms with Crippen LogP contribution in [0.15, 0.2) is 22.6 Å². The highest BCUT2D eigenvalue weighted by atomic mass is 35.5. The number of amides is 1. The molecule has 1 saturated carbocycles. The van der Waals surface area contributed by atoms with Gasteiger partial charge in [0.1, 0.15) is 11.7 Å². The van der Waals surface area contributed by atoms with Crippen molar-refractivity contribution in [2.75, 3.05) is 18.4 Å². The Morgan fingerprint density at radius 2 is 2.07 bits per heavy atom. The molecule has 1 saturated heterocycles. The van der Waals surface area contributed by atoms with Crippen LogP contribution in [0.3, 0.4) is 0 Å². The Morgan fingerprint density at radius 3 is 2.82 bits per heavy atom. The topological polar surface area (TPSA) is 99.9 Å². The van der Waals surface area contributed by atoms with Crippen LogP contribution in [0, 0.1) is 5.41 Å². The van der Waals surface area contributed by atoms with Gasteiger partial charge in [0.05, 0.1) is 5.52 Å². The molecule has 8 nitrogen and oxygen atoms in total. The predicted octanol–water partition coefficient (Wildman–Crippen LogP) is 3.47. The predicted molar refractivity (Wildman–Crippen MR) is 105 cm³/mol. The van der Waals surface area contributed by atoms with Crippen LogP contribution in [0.2, 0.25) is 5.02 Å². The summed E-state index contributed by atoms with van der Waals surface area (Å²) < 4.78 is 5.71. The van der Waals surface area contributed by atoms with Crippen LogP contribution < -0.4 is 5.32 Å². The number of hydrogen-bond donors (Lipinski definition) is 2. The lowest BCUT2D eigenvalue weighted by atomic mass is 9.93. The molecule has 2 N–H and O–H groups in total. The Kier molecular flexibility index (Phi) is 4.04. The molecule has 0 unspecified atom stereocenters. The molecule has 5 rings (SSSR count). The smallest absolute Gasteiger partial charge is 0.316 e. The molecule has 1 atom stereocenters. The number of aromatic nitrogens is 4. The number of benzene rings is 1. The fourth-order valence-electron chi connectivity index (χ4n) is 3.93. The van der Waals surface area contributed by atoms with Crippen molar-refractivity contribution >= 4 is 34.4 Å². The normalized spacial score (nSPS) is 19.1. The average Bonchev–Trinajstić information content (AvgIpc) is 3.10. The SMILES string of the molecule is C[C@H](Nc1nnc(-c2[nH]nc3cc(Cl)ccc23)o1)C(=O)N1CCC2(CC1)CC2. The quantitative estimate of drug-likeness (QED) is 0.695. The van der Waals surface area contributed by atoms with Crippen molar-refractivity contribution in [3.05, 3.63) is 23.2 Å². The summed E-state index contributed by atoms with van der Waals surface area (Å²) in [6, 6.07) is 5.17. The van der Waals surface area contributed by atoms with E-state index in [4.69, 9.17) is 16.0 Å². The second kappa shape index (κ2) is 6.48. The van der Waals surface area contributed by atoms with Gasteiger partial charge in [-0.05, 0) is 56.2 Å². The summed E-state index contributed by atoms with van der Waals surface area (Å²) in [5, 5.41) is 19.7. The number of halogens is 1. The molecule has 1 aliphatic heterocycles. The highest BCUT2D eigenvalue weighted by molar-refractivity contribution is 6.31. The zero-order chi connectivity index (χ0) is 19.3. The highest BCUT2D eigenvalue weighted by Gasteiger charge is 2.45. The summed E-state index contributed by atoms with van der Waals surface area (Å²) in [7, 11) is 0. The van der Waals surface area contributed by atoms with E-state index in [0.29, 0.717) is 22.0 Å². The van der Waals surface area contributed by atoms with Crippen molar-refractivity contribution in [1.29, 1.82) is 0 Å². The molecular formula is C19H21ClN6O2. The third kappa shape index (κ3) is 3.11. The Hall–Kier alpha value is -2.61. The van der Waals surface area contributed by atoms with E-state index < -0.39 is 6.04 Å². The molecule has 28 heavy (non-hydrogen) atoms. The van der Waals surface area contributed by atoms with E-state index in [1.54, 1.807) is 12.1 Å². The molecule has 1 aliphatic carbocycles. The van der Waals surface area contributed by atoms with Crippen molar-refractivity contribution in [2.45, 2.75) is 38.6 Å². The highest BCUT2D eigenvalue weighted by Crippen LogP contribution is 2.53. The van der Waals surface area contributed by atoms with Crippen molar-refractivity contribution in [2.24, 2.45) is 5.41 Å². The van der Waals surface area contributed by atoms with Crippen LogP contribution in [-0.2, 0) is 4.79 Å². The molecule has 9 heteroatoms. The number of rotatable bonds is 4. The minimum atomic E-state index is -0.432. The number of piperidine rings is 1. The second-order valence-electron chi connectivity index (χ2n) is 7.86. The number of anilines is 1. The van der Waals surface area contributed by atoms with Gasteiger partial charge in [-0.25, -0.2) is 0 Å². The zero-order valence-electron chi connectivity index (χ0n) is 15.5. The van der Waals surface area contributed by atoms with E-state index in [2.05, 4.69) is 25.7 Å². The van der Waals surface area contributed by atoms with Gasteiger partial charge in [-0.1, -0.05) is 16.7 Å². The van der Waals surface area contributed by atoms with Gasteiger partial charge in [0.2, 0.25) is 5.91 Å². The van der Waals surface area contributed by atoms with Gasteiger partial charge in [-0.3, -0.25) is 9.89 Å². The number of carbonyl (C=O) groups excluding carboxylic acids is 1. The molecule has 3 heterocycles. The first-order valence-corrected chi connectivity index (χ1v) is 9.94. The van der Waals surface area contributed by atoms with Gasteiger partial charge in [0.15, 0.2) is 0 Å². The van der Waals surface area contributed by atoms with Crippen molar-refractivity contribution in [3.8, 4) is 11.6 Å². The first-order valence-electron chi connectivity index (χ1n) is 9.56. The number of hydrogen-bond acceptors (Lipinski definition) is 6. The Labute approximate surface area is 166 Å². The van der Waals surface area contributed by atoms with Gasteiger partial charge in [0, 0.05) is 23.5 Å². The first kappa shape index (κ1) is 17.5. The third-order valence-electron chi connectivity index (χ3n) is 5.96. The summed E-state index contributed by atoms with van der Waals surface area (Å²) in [4.78, 5) is 14.7. The van der Waals surface area contributed by atoms with Crippen LogP contribution in [-0.4, -0.2) is 50.3 Å². The molecule has 1 spiro atoms. The Morgan fingerprint density at radius 1 is 1.29 bits per heavy atom. The second-order valence-corrected chi connectivity index (χ2v) is 8.30. The van der Waals surface area contributed by atoms with Crippen molar-refractivity contribution < 1.29 is 9.21 Å². The van der Waals surface area contributed by atoms with Gasteiger partial charge < -0.3 is 14.6 Å². The fraction of sp³-hybridized carbons (Fsp3) is 0.474. The van der Waals surface area contributed by atoms with E-state index in [9.17, 15) is 4.79 Å². The molecule has 0 radical (unpaired) electrons. The Balaban J connectivity index is 1.27. The molecule has 3 aromatic rings. The summed E-state index contributed by atoms with van der Waals surface area (Å²) in [6.07, 6.45) is 4.88. The van der Waals surface area contributed by atoms with Crippen LogP contribution in [0.5, 0.6) is 0 Å². The lowest BCUT2D eigenvalue weighted by Crippen LogP contribution is -2.45. The lowest BCUT2D eigenvalue weighted by Gasteiger charge is -2.33. The van der Waals surface area contributed by atoms with E-state index in [1.165, 1.54) is 12.8 Å². The molecule has 146 valence electrons. The van der Waals surface area contributed by atoms with E-state index in [-0.39, 0.29) is 11.9 Å². The van der Waals surface area contributed by atoms with Gasteiger partial charge in [0.25, 0.3) is 5.89 Å². The molecule has 2 fully saturated rings.